The minimum absolute atomic E-state index is 0.126. The summed E-state index contributed by atoms with van der Waals surface area (Å²) < 4.78 is 15.0. The zero-order valence-corrected chi connectivity index (χ0v) is 17.3. The van der Waals surface area contributed by atoms with Gasteiger partial charge in [-0.2, -0.15) is 0 Å². The molecule has 1 aromatic carbocycles. The molecule has 0 aliphatic carbocycles. The molecule has 30 heavy (non-hydrogen) atoms. The average Bonchev–Trinajstić information content (AvgIpc) is 2.72. The molecule has 0 amide bonds. The Balaban J connectivity index is 1.50. The van der Waals surface area contributed by atoms with Gasteiger partial charge < -0.3 is 26.7 Å². The van der Waals surface area contributed by atoms with Crippen molar-refractivity contribution in [2.75, 3.05) is 38.0 Å². The maximum atomic E-state index is 15.0. The van der Waals surface area contributed by atoms with E-state index in [1.165, 1.54) is 0 Å². The number of hydrogen-bond donors (Lipinski definition) is 4. The van der Waals surface area contributed by atoms with Crippen LogP contribution in [0.15, 0.2) is 40.6 Å². The van der Waals surface area contributed by atoms with Crippen LogP contribution in [0, 0.1) is 5.82 Å². The number of nitrogens with zero attached hydrogens (tertiary/aromatic N) is 2. The van der Waals surface area contributed by atoms with Gasteiger partial charge in [-0.15, -0.1) is 0 Å². The van der Waals surface area contributed by atoms with Gasteiger partial charge in [0.15, 0.2) is 0 Å². The maximum Gasteiger partial charge on any atom is 0.253 e. The zero-order valence-electron chi connectivity index (χ0n) is 17.3. The van der Waals surface area contributed by atoms with Gasteiger partial charge in [-0.3, -0.25) is 9.69 Å². The number of pyridine rings is 1. The first-order valence-corrected chi connectivity index (χ1v) is 10.4. The number of rotatable bonds is 4. The van der Waals surface area contributed by atoms with Gasteiger partial charge in [0, 0.05) is 50.5 Å². The molecule has 7 nitrogen and oxygen atoms in total. The summed E-state index contributed by atoms with van der Waals surface area (Å²) in [6.07, 6.45) is 5.19. The molecule has 0 unspecified atom stereocenters. The molecule has 1 aromatic heterocycles. The molecule has 0 atom stereocenters. The highest BCUT2D eigenvalue weighted by Gasteiger charge is 2.21. The second-order valence-corrected chi connectivity index (χ2v) is 8.10. The van der Waals surface area contributed by atoms with Crippen molar-refractivity contribution in [1.29, 1.82) is 0 Å². The normalized spacial score (nSPS) is 18.4. The van der Waals surface area contributed by atoms with Crippen molar-refractivity contribution in [3.8, 4) is 0 Å². The number of fused-ring (bicyclic) bond motifs is 3. The Bertz CT molecular complexity index is 1060. The van der Waals surface area contributed by atoms with Crippen LogP contribution in [0.1, 0.15) is 24.5 Å². The third-order valence-corrected chi connectivity index (χ3v) is 5.79. The van der Waals surface area contributed by atoms with E-state index in [0.717, 1.165) is 44.7 Å². The van der Waals surface area contributed by atoms with Crippen LogP contribution in [-0.2, 0) is 13.0 Å². The van der Waals surface area contributed by atoms with Crippen LogP contribution in [0.25, 0.3) is 10.9 Å². The lowest BCUT2D eigenvalue weighted by atomic mass is 10.00. The van der Waals surface area contributed by atoms with Crippen molar-refractivity contribution < 1.29 is 4.39 Å². The topological polar surface area (TPSA) is 103 Å². The third-order valence-electron chi connectivity index (χ3n) is 5.79. The minimum atomic E-state index is -0.292. The van der Waals surface area contributed by atoms with Crippen molar-refractivity contribution in [2.45, 2.75) is 26.3 Å². The predicted molar refractivity (Wildman–Crippen MR) is 118 cm³/mol. The molecule has 0 radical (unpaired) electrons. The van der Waals surface area contributed by atoms with E-state index in [-0.39, 0.29) is 11.4 Å². The van der Waals surface area contributed by atoms with Crippen molar-refractivity contribution in [1.82, 2.24) is 14.8 Å². The molecular weight excluding hydrogens is 383 g/mol. The molecule has 6 N–H and O–H groups in total. The first kappa shape index (κ1) is 20.3. The number of nitrogens with two attached hydrogens (primary N) is 2. The van der Waals surface area contributed by atoms with Crippen LogP contribution >= 0.6 is 0 Å². The lowest BCUT2D eigenvalue weighted by Crippen LogP contribution is -2.46. The second-order valence-electron chi connectivity index (χ2n) is 8.10. The lowest BCUT2D eigenvalue weighted by Gasteiger charge is -2.36. The van der Waals surface area contributed by atoms with E-state index in [1.807, 2.05) is 19.1 Å². The smallest absolute Gasteiger partial charge is 0.253 e. The van der Waals surface area contributed by atoms with Gasteiger partial charge in [-0.1, -0.05) is 0 Å². The highest BCUT2D eigenvalue weighted by atomic mass is 19.1. The molecule has 1 fully saturated rings. The molecule has 8 heteroatoms. The van der Waals surface area contributed by atoms with Gasteiger partial charge in [0.2, 0.25) is 0 Å². The van der Waals surface area contributed by atoms with Crippen LogP contribution in [0.5, 0.6) is 0 Å². The Morgan fingerprint density at radius 3 is 2.70 bits per heavy atom. The highest BCUT2D eigenvalue weighted by Crippen LogP contribution is 2.30. The molecular formula is C22H29FN6O. The quantitative estimate of drug-likeness (QED) is 0.571. The van der Waals surface area contributed by atoms with Crippen LogP contribution in [0.3, 0.4) is 0 Å². The predicted octanol–water partition coefficient (Wildman–Crippen LogP) is 1.81. The summed E-state index contributed by atoms with van der Waals surface area (Å²) in [5.74, 6) is 0.408. The van der Waals surface area contributed by atoms with Crippen molar-refractivity contribution in [3.05, 3.63) is 63.1 Å². The average molecular weight is 413 g/mol. The van der Waals surface area contributed by atoms with E-state index >= 15 is 4.39 Å². The van der Waals surface area contributed by atoms with E-state index in [1.54, 1.807) is 12.1 Å². The van der Waals surface area contributed by atoms with E-state index in [4.69, 9.17) is 11.5 Å². The fourth-order valence-corrected chi connectivity index (χ4v) is 4.23. The lowest BCUT2D eigenvalue weighted by molar-refractivity contribution is 0.151. The van der Waals surface area contributed by atoms with Gasteiger partial charge in [-0.05, 0) is 49.6 Å². The fourth-order valence-electron chi connectivity index (χ4n) is 4.23. The van der Waals surface area contributed by atoms with Gasteiger partial charge in [0.1, 0.15) is 5.82 Å². The number of aromatic amines is 1. The maximum absolute atomic E-state index is 15.0. The summed E-state index contributed by atoms with van der Waals surface area (Å²) in [5.41, 5.74) is 15.1. The number of benzene rings is 1. The molecule has 2 aliphatic rings. The number of H-pyrrole nitrogens is 1. The number of hydrogen-bond acceptors (Lipinski definition) is 6. The van der Waals surface area contributed by atoms with Crippen LogP contribution in [0.2, 0.25) is 0 Å². The van der Waals surface area contributed by atoms with Crippen LogP contribution in [-0.4, -0.2) is 47.5 Å². The van der Waals surface area contributed by atoms with Gasteiger partial charge in [0.25, 0.3) is 5.56 Å². The molecule has 0 spiro atoms. The molecule has 3 heterocycles. The van der Waals surface area contributed by atoms with E-state index in [0.29, 0.717) is 46.6 Å². The second kappa shape index (κ2) is 8.39. The standard InChI is InChI=1S/C22H29FN6O/c1-14(24)4-5-19(25)29-9-7-28(8-10-29)13-15-11-17(23)20-18(12-15)27-22(30)16-3-2-6-26-21(16)20/h4-5,11-12,26H,2-3,6-10,13,24-25H2,1H3,(H,27,30)/b14-4-,19-5+. The van der Waals surface area contributed by atoms with Crippen molar-refractivity contribution in [3.63, 3.8) is 0 Å². The molecule has 2 aliphatic heterocycles. The Kier molecular flexibility index (Phi) is 5.67. The minimum Gasteiger partial charge on any atom is -0.402 e. The Hall–Kier alpha value is -3.00. The largest absolute Gasteiger partial charge is 0.402 e. The number of halogens is 1. The summed E-state index contributed by atoms with van der Waals surface area (Å²) in [6, 6.07) is 3.48. The van der Waals surface area contributed by atoms with Gasteiger partial charge in [-0.25, -0.2) is 4.39 Å². The van der Waals surface area contributed by atoms with Crippen molar-refractivity contribution >= 4 is 16.6 Å². The van der Waals surface area contributed by atoms with Gasteiger partial charge >= 0.3 is 0 Å². The van der Waals surface area contributed by atoms with Gasteiger partial charge in [0.05, 0.1) is 22.4 Å². The monoisotopic (exact) mass is 412 g/mol. The van der Waals surface area contributed by atoms with Crippen LogP contribution in [0.4, 0.5) is 10.1 Å². The zero-order chi connectivity index (χ0) is 21.3. The molecule has 160 valence electrons. The first-order valence-electron chi connectivity index (χ1n) is 10.4. The van der Waals surface area contributed by atoms with E-state index in [2.05, 4.69) is 20.1 Å². The summed E-state index contributed by atoms with van der Waals surface area (Å²) >= 11 is 0. The summed E-state index contributed by atoms with van der Waals surface area (Å²) in [6.45, 7) is 6.44. The number of nitrogens with one attached hydrogen (secondary N) is 2. The van der Waals surface area contributed by atoms with E-state index in [9.17, 15) is 4.79 Å². The fraction of sp³-hybridized carbons (Fsp3) is 0.409. The molecule has 1 saturated heterocycles. The number of aromatic nitrogens is 1. The summed E-state index contributed by atoms with van der Waals surface area (Å²) in [5, 5.41) is 3.70. The third kappa shape index (κ3) is 4.14. The van der Waals surface area contributed by atoms with E-state index < -0.39 is 0 Å². The van der Waals surface area contributed by atoms with Crippen LogP contribution < -0.4 is 22.3 Å². The Morgan fingerprint density at radius 2 is 1.97 bits per heavy atom. The summed E-state index contributed by atoms with van der Waals surface area (Å²) in [7, 11) is 0. The SMILES string of the molecule is C/C(N)=C/C=C(\N)N1CCN(Cc2cc(F)c3c4c(c(=O)[nH]c3c2)CCCN4)CC1. The molecule has 0 bridgehead atoms. The number of piperazine rings is 1. The number of anilines is 1. The molecule has 0 saturated carbocycles. The Labute approximate surface area is 175 Å². The molecule has 4 rings (SSSR count). The number of allylic oxidation sites excluding steroid dienone is 3. The summed E-state index contributed by atoms with van der Waals surface area (Å²) in [4.78, 5) is 19.7. The van der Waals surface area contributed by atoms with Crippen molar-refractivity contribution in [2.24, 2.45) is 11.5 Å². The highest BCUT2D eigenvalue weighted by molar-refractivity contribution is 5.94. The molecule has 2 aromatic rings. The Morgan fingerprint density at radius 1 is 1.20 bits per heavy atom. The first-order chi connectivity index (χ1) is 14.4.